The van der Waals surface area contributed by atoms with Crippen LogP contribution in [0.4, 0.5) is 5.69 Å². The van der Waals surface area contributed by atoms with Crippen molar-refractivity contribution in [1.29, 1.82) is 0 Å². The Morgan fingerprint density at radius 1 is 1.55 bits per heavy atom. The van der Waals surface area contributed by atoms with Gasteiger partial charge in [0.15, 0.2) is 5.75 Å². The molecule has 11 heavy (non-hydrogen) atoms. The fraction of sp³-hybridized carbons (Fsp3) is 0. The van der Waals surface area contributed by atoms with E-state index in [4.69, 9.17) is 17.3 Å². The number of hydrogen-bond donors (Lipinski definition) is 1. The molecule has 0 aromatic heterocycles. The van der Waals surface area contributed by atoms with Crippen LogP contribution >= 0.6 is 11.6 Å². The highest BCUT2D eigenvalue weighted by Crippen LogP contribution is 2.28. The van der Waals surface area contributed by atoms with Gasteiger partial charge < -0.3 is 10.5 Å². The third-order valence-corrected chi connectivity index (χ3v) is 1.52. The molecule has 1 aromatic rings. The number of carbonyl (C=O) groups excluding carboxylic acids is 1. The van der Waals surface area contributed by atoms with E-state index in [9.17, 15) is 4.79 Å². The van der Waals surface area contributed by atoms with Crippen LogP contribution < -0.4 is 10.5 Å². The van der Waals surface area contributed by atoms with Gasteiger partial charge in [-0.3, -0.25) is 4.79 Å². The number of rotatable bonds is 2. The predicted octanol–water partition coefficient (Wildman–Crippen LogP) is 1.46. The van der Waals surface area contributed by atoms with Gasteiger partial charge in [0.1, 0.15) is 0 Å². The van der Waals surface area contributed by atoms with Crippen molar-refractivity contribution in [2.45, 2.75) is 0 Å². The van der Waals surface area contributed by atoms with E-state index in [2.05, 4.69) is 4.74 Å². The van der Waals surface area contributed by atoms with Gasteiger partial charge in [0.05, 0.1) is 10.7 Å². The van der Waals surface area contributed by atoms with Gasteiger partial charge in [-0.25, -0.2) is 0 Å². The van der Waals surface area contributed by atoms with Gasteiger partial charge in [-0.2, -0.15) is 0 Å². The molecule has 0 aliphatic carbocycles. The Hall–Kier alpha value is -1.22. The SMILES string of the molecule is Nc1c(Cl)cccc1OC=O. The van der Waals surface area contributed by atoms with Crippen LogP contribution in [0.3, 0.4) is 0 Å². The van der Waals surface area contributed by atoms with Crippen molar-refractivity contribution in [3.63, 3.8) is 0 Å². The summed E-state index contributed by atoms with van der Waals surface area (Å²) in [6.45, 7) is 0.308. The number of para-hydroxylation sites is 1. The third kappa shape index (κ3) is 1.62. The van der Waals surface area contributed by atoms with E-state index in [1.807, 2.05) is 0 Å². The Morgan fingerprint density at radius 2 is 2.27 bits per heavy atom. The van der Waals surface area contributed by atoms with Crippen molar-refractivity contribution in [1.82, 2.24) is 0 Å². The predicted molar refractivity (Wildman–Crippen MR) is 42.6 cm³/mol. The van der Waals surface area contributed by atoms with Crippen LogP contribution in [-0.4, -0.2) is 6.47 Å². The Labute approximate surface area is 68.7 Å². The molecule has 0 spiro atoms. The molecule has 1 rings (SSSR count). The van der Waals surface area contributed by atoms with E-state index < -0.39 is 0 Å². The highest BCUT2D eigenvalue weighted by atomic mass is 35.5. The smallest absolute Gasteiger partial charge is 0.298 e. The standard InChI is InChI=1S/C7H6ClNO2/c8-5-2-1-3-6(7(5)9)11-4-10/h1-4H,9H2. The number of nitrogen functional groups attached to an aromatic ring is 1. The van der Waals surface area contributed by atoms with Gasteiger partial charge in [-0.15, -0.1) is 0 Å². The van der Waals surface area contributed by atoms with Crippen molar-refractivity contribution in [3.8, 4) is 5.75 Å². The van der Waals surface area contributed by atoms with Gasteiger partial charge in [-0.1, -0.05) is 17.7 Å². The molecule has 0 radical (unpaired) electrons. The minimum absolute atomic E-state index is 0.279. The first-order valence-electron chi connectivity index (χ1n) is 2.90. The van der Waals surface area contributed by atoms with Gasteiger partial charge in [0, 0.05) is 0 Å². The zero-order valence-electron chi connectivity index (χ0n) is 5.58. The van der Waals surface area contributed by atoms with Crippen LogP contribution in [0.1, 0.15) is 0 Å². The second-order valence-electron chi connectivity index (χ2n) is 1.87. The average Bonchev–Trinajstić information content (AvgIpc) is 1.99. The van der Waals surface area contributed by atoms with Crippen LogP contribution in [0, 0.1) is 0 Å². The molecular formula is C7H6ClNO2. The highest BCUT2D eigenvalue weighted by Gasteiger charge is 2.01. The number of nitrogens with two attached hydrogens (primary N) is 1. The molecule has 0 unspecified atom stereocenters. The van der Waals surface area contributed by atoms with E-state index in [-0.39, 0.29) is 11.4 Å². The summed E-state index contributed by atoms with van der Waals surface area (Å²) in [6, 6.07) is 4.84. The van der Waals surface area contributed by atoms with E-state index in [0.717, 1.165) is 0 Å². The van der Waals surface area contributed by atoms with Crippen molar-refractivity contribution in [2.75, 3.05) is 5.73 Å². The first kappa shape index (κ1) is 7.88. The van der Waals surface area contributed by atoms with Gasteiger partial charge >= 0.3 is 0 Å². The second kappa shape index (κ2) is 3.25. The monoisotopic (exact) mass is 171 g/mol. The van der Waals surface area contributed by atoms with Crippen LogP contribution in [0.2, 0.25) is 5.02 Å². The van der Waals surface area contributed by atoms with E-state index in [0.29, 0.717) is 11.5 Å². The quantitative estimate of drug-likeness (QED) is 0.542. The largest absolute Gasteiger partial charge is 0.426 e. The molecule has 0 aliphatic heterocycles. The lowest BCUT2D eigenvalue weighted by Gasteiger charge is -2.02. The number of halogens is 1. The van der Waals surface area contributed by atoms with Gasteiger partial charge in [0.25, 0.3) is 6.47 Å². The van der Waals surface area contributed by atoms with Crippen molar-refractivity contribution >= 4 is 23.8 Å². The molecule has 0 saturated heterocycles. The maximum atomic E-state index is 9.92. The molecule has 1 aromatic carbocycles. The number of carbonyl (C=O) groups is 1. The van der Waals surface area contributed by atoms with Crippen molar-refractivity contribution in [3.05, 3.63) is 23.2 Å². The zero-order chi connectivity index (χ0) is 8.27. The minimum Gasteiger partial charge on any atom is -0.426 e. The summed E-state index contributed by atoms with van der Waals surface area (Å²) >= 11 is 5.63. The van der Waals surface area contributed by atoms with Crippen molar-refractivity contribution < 1.29 is 9.53 Å². The van der Waals surface area contributed by atoms with E-state index in [1.54, 1.807) is 18.2 Å². The summed E-state index contributed by atoms with van der Waals surface area (Å²) in [6.07, 6.45) is 0. The summed E-state index contributed by atoms with van der Waals surface area (Å²) in [5, 5.41) is 0.379. The molecule has 4 heteroatoms. The maximum absolute atomic E-state index is 9.92. The first-order chi connectivity index (χ1) is 5.25. The van der Waals surface area contributed by atoms with E-state index in [1.165, 1.54) is 0 Å². The number of anilines is 1. The Balaban J connectivity index is 3.05. The summed E-state index contributed by atoms with van der Waals surface area (Å²) in [7, 11) is 0. The lowest BCUT2D eigenvalue weighted by Crippen LogP contribution is -1.94. The molecule has 0 heterocycles. The molecule has 2 N–H and O–H groups in total. The first-order valence-corrected chi connectivity index (χ1v) is 3.28. The summed E-state index contributed by atoms with van der Waals surface area (Å²) in [4.78, 5) is 9.92. The average molecular weight is 172 g/mol. The molecule has 0 fully saturated rings. The molecule has 0 bridgehead atoms. The lowest BCUT2D eigenvalue weighted by atomic mass is 10.3. The number of hydrogen-bond acceptors (Lipinski definition) is 3. The highest BCUT2D eigenvalue weighted by molar-refractivity contribution is 6.33. The number of ether oxygens (including phenoxy) is 1. The lowest BCUT2D eigenvalue weighted by molar-refractivity contribution is -0.120. The molecule has 0 saturated carbocycles. The minimum atomic E-state index is 0.279. The number of benzene rings is 1. The molecule has 0 atom stereocenters. The molecular weight excluding hydrogens is 166 g/mol. The van der Waals surface area contributed by atoms with Crippen LogP contribution in [0.15, 0.2) is 18.2 Å². The van der Waals surface area contributed by atoms with Crippen LogP contribution in [0.25, 0.3) is 0 Å². The topological polar surface area (TPSA) is 52.3 Å². The normalized spacial score (nSPS) is 9.18. The van der Waals surface area contributed by atoms with Gasteiger partial charge in [-0.05, 0) is 12.1 Å². The summed E-state index contributed by atoms with van der Waals surface area (Å²) in [5.41, 5.74) is 5.73. The van der Waals surface area contributed by atoms with Crippen LogP contribution in [0.5, 0.6) is 5.75 Å². The fourth-order valence-electron chi connectivity index (χ4n) is 0.672. The van der Waals surface area contributed by atoms with Gasteiger partial charge in [0.2, 0.25) is 0 Å². The summed E-state index contributed by atoms with van der Waals surface area (Å²) < 4.78 is 4.53. The Bertz CT molecular complexity index is 275. The third-order valence-electron chi connectivity index (χ3n) is 1.19. The summed E-state index contributed by atoms with van der Waals surface area (Å²) in [5.74, 6) is 0.285. The molecule has 0 aliphatic rings. The van der Waals surface area contributed by atoms with Crippen LogP contribution in [-0.2, 0) is 4.79 Å². The second-order valence-corrected chi connectivity index (χ2v) is 2.27. The Morgan fingerprint density at radius 3 is 2.91 bits per heavy atom. The molecule has 58 valence electrons. The van der Waals surface area contributed by atoms with E-state index >= 15 is 0 Å². The Kier molecular flexibility index (Phi) is 2.33. The molecule has 0 amide bonds. The fourth-order valence-corrected chi connectivity index (χ4v) is 0.838. The van der Waals surface area contributed by atoms with Crippen molar-refractivity contribution in [2.24, 2.45) is 0 Å². The molecule has 3 nitrogen and oxygen atoms in total. The zero-order valence-corrected chi connectivity index (χ0v) is 6.34. The maximum Gasteiger partial charge on any atom is 0.298 e.